The summed E-state index contributed by atoms with van der Waals surface area (Å²) in [6.45, 7) is 8.16. The first-order chi connectivity index (χ1) is 13.0. The summed E-state index contributed by atoms with van der Waals surface area (Å²) in [6, 6.07) is 13.2. The fourth-order valence-corrected chi connectivity index (χ4v) is 2.75. The number of halogens is 1. The number of hydrogen-bond donors (Lipinski definition) is 1. The van der Waals surface area contributed by atoms with E-state index in [1.807, 2.05) is 0 Å². The Bertz CT molecular complexity index is 932. The molecule has 0 aliphatic carbocycles. The summed E-state index contributed by atoms with van der Waals surface area (Å²) < 4.78 is 24.4. The number of nitrogens with zero attached hydrogens (tertiary/aromatic N) is 2. The van der Waals surface area contributed by atoms with E-state index in [0.717, 1.165) is 0 Å². The fraction of sp³-hybridized carbons (Fsp3) is 0.143. The van der Waals surface area contributed by atoms with Gasteiger partial charge in [-0.15, -0.1) is 12.6 Å². The molecule has 138 valence electrons. The molecule has 0 radical (unpaired) electrons. The van der Waals surface area contributed by atoms with Crippen LogP contribution in [-0.4, -0.2) is 27.0 Å². The Morgan fingerprint density at radius 1 is 1.26 bits per heavy atom. The van der Waals surface area contributed by atoms with Crippen molar-refractivity contribution >= 4 is 30.6 Å². The quantitative estimate of drug-likeness (QED) is 0.236. The minimum absolute atomic E-state index is 0.250. The van der Waals surface area contributed by atoms with E-state index in [-0.39, 0.29) is 6.61 Å². The Balaban J connectivity index is 2.68. The van der Waals surface area contributed by atoms with Crippen LogP contribution in [0.4, 0.5) is 4.39 Å². The van der Waals surface area contributed by atoms with Crippen LogP contribution < -0.4 is 4.74 Å². The van der Waals surface area contributed by atoms with Crippen LogP contribution >= 0.6 is 12.6 Å². The van der Waals surface area contributed by atoms with Crippen molar-refractivity contribution in [2.45, 2.75) is 0 Å². The number of ether oxygens (including phenoxy) is 2. The first-order valence-corrected chi connectivity index (χ1v) is 8.48. The predicted molar refractivity (Wildman–Crippen MR) is 109 cm³/mol. The number of nitriles is 1. The van der Waals surface area contributed by atoms with Gasteiger partial charge < -0.3 is 9.47 Å². The lowest BCUT2D eigenvalue weighted by molar-refractivity contribution is 0.146. The van der Waals surface area contributed by atoms with Gasteiger partial charge in [-0.2, -0.15) is 5.26 Å². The van der Waals surface area contributed by atoms with Crippen molar-refractivity contribution in [2.24, 2.45) is 4.99 Å². The van der Waals surface area contributed by atoms with Crippen LogP contribution in [0.1, 0.15) is 16.7 Å². The molecule has 4 nitrogen and oxygen atoms in total. The van der Waals surface area contributed by atoms with Gasteiger partial charge in [0.05, 0.1) is 23.9 Å². The maximum absolute atomic E-state index is 13.8. The Morgan fingerprint density at radius 3 is 2.67 bits per heavy atom. The summed E-state index contributed by atoms with van der Waals surface area (Å²) in [7, 11) is 1.55. The fourth-order valence-electron chi connectivity index (χ4n) is 2.53. The van der Waals surface area contributed by atoms with Crippen molar-refractivity contribution in [3.8, 4) is 11.8 Å². The van der Waals surface area contributed by atoms with Gasteiger partial charge in [0.2, 0.25) is 0 Å². The van der Waals surface area contributed by atoms with Crippen molar-refractivity contribution in [1.29, 1.82) is 5.26 Å². The van der Waals surface area contributed by atoms with Crippen molar-refractivity contribution in [2.75, 3.05) is 20.3 Å². The number of methoxy groups -OCH3 is 1. The highest BCUT2D eigenvalue weighted by atomic mass is 32.1. The van der Waals surface area contributed by atoms with Gasteiger partial charge in [-0.3, -0.25) is 4.99 Å². The SMILES string of the molecule is C=N/C(=C(\C(=C)S)c1ccc(F)cc1OCCOC)c1cccc(C#N)c1. The molecule has 0 amide bonds. The van der Waals surface area contributed by atoms with Crippen LogP contribution in [0.3, 0.4) is 0 Å². The lowest BCUT2D eigenvalue weighted by atomic mass is 9.97. The molecule has 0 aromatic heterocycles. The molecule has 2 rings (SSSR count). The molecule has 0 bridgehead atoms. The molecule has 0 saturated carbocycles. The van der Waals surface area contributed by atoms with E-state index in [0.29, 0.717) is 45.2 Å². The van der Waals surface area contributed by atoms with Gasteiger partial charge in [0.25, 0.3) is 0 Å². The topological polar surface area (TPSA) is 54.6 Å². The summed E-state index contributed by atoms with van der Waals surface area (Å²) >= 11 is 4.40. The third-order valence-corrected chi connectivity index (χ3v) is 3.93. The molecule has 2 aromatic rings. The number of benzene rings is 2. The van der Waals surface area contributed by atoms with E-state index >= 15 is 0 Å². The van der Waals surface area contributed by atoms with E-state index in [9.17, 15) is 4.39 Å². The Hall–Kier alpha value is -2.88. The minimum atomic E-state index is -0.435. The second-order valence-corrected chi connectivity index (χ2v) is 6.04. The van der Waals surface area contributed by atoms with E-state index in [1.165, 1.54) is 12.1 Å². The molecule has 0 atom stereocenters. The molecule has 2 aromatic carbocycles. The molecule has 0 saturated heterocycles. The second-order valence-electron chi connectivity index (χ2n) is 5.50. The molecule has 0 fully saturated rings. The van der Waals surface area contributed by atoms with Crippen LogP contribution in [0.15, 0.2) is 58.9 Å². The van der Waals surface area contributed by atoms with Crippen molar-refractivity contribution < 1.29 is 13.9 Å². The van der Waals surface area contributed by atoms with Gasteiger partial charge in [0, 0.05) is 34.8 Å². The summed E-state index contributed by atoms with van der Waals surface area (Å²) in [5.41, 5.74) is 2.72. The number of rotatable bonds is 8. The zero-order valence-corrected chi connectivity index (χ0v) is 15.8. The molecule has 0 unspecified atom stereocenters. The number of aliphatic imine (C=N–C) groups is 1. The zero-order chi connectivity index (χ0) is 19.8. The second kappa shape index (κ2) is 9.72. The average Bonchev–Trinajstić information content (AvgIpc) is 2.66. The lowest BCUT2D eigenvalue weighted by Gasteiger charge is -2.17. The first kappa shape index (κ1) is 20.4. The molecule has 0 heterocycles. The highest BCUT2D eigenvalue weighted by Crippen LogP contribution is 2.38. The van der Waals surface area contributed by atoms with Crippen LogP contribution in [0.5, 0.6) is 5.75 Å². The molecular weight excluding hydrogens is 363 g/mol. The van der Waals surface area contributed by atoms with E-state index in [4.69, 9.17) is 14.7 Å². The number of thiol groups is 1. The van der Waals surface area contributed by atoms with E-state index in [2.05, 4.69) is 37.0 Å². The number of allylic oxidation sites excluding steroid dienone is 1. The third-order valence-electron chi connectivity index (χ3n) is 3.71. The summed E-state index contributed by atoms with van der Waals surface area (Å²) in [6.07, 6.45) is 0. The molecule has 0 aliphatic rings. The minimum Gasteiger partial charge on any atom is -0.490 e. The summed E-state index contributed by atoms with van der Waals surface area (Å²) in [5, 5.41) is 9.16. The maximum atomic E-state index is 13.8. The van der Waals surface area contributed by atoms with Crippen molar-refractivity contribution in [3.63, 3.8) is 0 Å². The van der Waals surface area contributed by atoms with Gasteiger partial charge in [-0.25, -0.2) is 4.39 Å². The van der Waals surface area contributed by atoms with Crippen molar-refractivity contribution in [3.05, 3.63) is 76.5 Å². The van der Waals surface area contributed by atoms with Crippen LogP contribution in [0, 0.1) is 17.1 Å². The molecule has 27 heavy (non-hydrogen) atoms. The highest BCUT2D eigenvalue weighted by Gasteiger charge is 2.18. The lowest BCUT2D eigenvalue weighted by Crippen LogP contribution is -2.06. The molecule has 0 aliphatic heterocycles. The molecule has 0 spiro atoms. The predicted octanol–water partition coefficient (Wildman–Crippen LogP) is 4.73. The average molecular weight is 382 g/mol. The summed E-state index contributed by atoms with van der Waals surface area (Å²) in [4.78, 5) is 4.53. The van der Waals surface area contributed by atoms with Gasteiger partial charge >= 0.3 is 0 Å². The van der Waals surface area contributed by atoms with Crippen LogP contribution in [0.25, 0.3) is 11.3 Å². The monoisotopic (exact) mass is 382 g/mol. The van der Waals surface area contributed by atoms with Crippen molar-refractivity contribution in [1.82, 2.24) is 0 Å². The van der Waals surface area contributed by atoms with E-state index < -0.39 is 5.82 Å². The molecule has 0 N–H and O–H groups in total. The van der Waals surface area contributed by atoms with Crippen LogP contribution in [-0.2, 0) is 4.74 Å². The first-order valence-electron chi connectivity index (χ1n) is 8.03. The van der Waals surface area contributed by atoms with E-state index in [1.54, 1.807) is 37.4 Å². The van der Waals surface area contributed by atoms with Gasteiger partial charge in [0.15, 0.2) is 0 Å². The largest absolute Gasteiger partial charge is 0.490 e. The van der Waals surface area contributed by atoms with Gasteiger partial charge in [-0.05, 0) is 31.0 Å². The third kappa shape index (κ3) is 5.07. The Labute approximate surface area is 163 Å². The summed E-state index contributed by atoms with van der Waals surface area (Å²) in [5.74, 6) is -0.121. The Kier molecular flexibility index (Phi) is 7.35. The standard InChI is InChI=1S/C21H19FN2O2S/c1-14(27)20(21(24-2)16-6-4-5-15(11-16)13-23)18-8-7-17(22)12-19(18)26-10-9-25-3/h4-8,11-12,27H,1-2,9-10H2,3H3/b21-20+. The Morgan fingerprint density at radius 2 is 2.04 bits per heavy atom. The van der Waals surface area contributed by atoms with Gasteiger partial charge in [0.1, 0.15) is 18.2 Å². The van der Waals surface area contributed by atoms with Gasteiger partial charge in [-0.1, -0.05) is 18.7 Å². The zero-order valence-electron chi connectivity index (χ0n) is 14.9. The normalized spacial score (nSPS) is 11.3. The maximum Gasteiger partial charge on any atom is 0.130 e. The number of hydrogen-bond acceptors (Lipinski definition) is 5. The highest BCUT2D eigenvalue weighted by molar-refractivity contribution is 7.85. The smallest absolute Gasteiger partial charge is 0.130 e. The van der Waals surface area contributed by atoms with Crippen LogP contribution in [0.2, 0.25) is 0 Å². The molecular formula is C21H19FN2O2S. The molecule has 6 heteroatoms.